The Morgan fingerprint density at radius 3 is 2.00 bits per heavy atom. The summed E-state index contributed by atoms with van der Waals surface area (Å²) in [6.07, 6.45) is 4.86. The monoisotopic (exact) mass is 224 g/mol. The molecule has 0 bridgehead atoms. The standard InChI is InChI=1S/C13H24N2O/c1-5-7-9-15(10-8-6-2)13-11(3)14-12(4)16-13/h5-10H2,1-4H3. The Hall–Kier alpha value is -0.990. The zero-order valence-corrected chi connectivity index (χ0v) is 11.0. The van der Waals surface area contributed by atoms with Crippen LogP contribution in [0.1, 0.15) is 51.1 Å². The lowest BCUT2D eigenvalue weighted by Gasteiger charge is -2.21. The van der Waals surface area contributed by atoms with Gasteiger partial charge in [0.25, 0.3) is 0 Å². The average Bonchev–Trinajstić information content (AvgIpc) is 2.58. The molecule has 0 amide bonds. The zero-order chi connectivity index (χ0) is 12.0. The largest absolute Gasteiger partial charge is 0.425 e. The fourth-order valence-corrected chi connectivity index (χ4v) is 1.83. The highest BCUT2D eigenvalue weighted by Crippen LogP contribution is 2.21. The summed E-state index contributed by atoms with van der Waals surface area (Å²) in [7, 11) is 0. The van der Waals surface area contributed by atoms with E-state index >= 15 is 0 Å². The van der Waals surface area contributed by atoms with Crippen LogP contribution < -0.4 is 4.90 Å². The lowest BCUT2D eigenvalue weighted by Crippen LogP contribution is -2.25. The molecule has 92 valence electrons. The van der Waals surface area contributed by atoms with Crippen molar-refractivity contribution in [2.45, 2.75) is 53.4 Å². The SMILES string of the molecule is CCCCN(CCCC)c1oc(C)nc1C. The highest BCUT2D eigenvalue weighted by molar-refractivity contribution is 5.39. The molecule has 3 nitrogen and oxygen atoms in total. The molecule has 1 aromatic heterocycles. The van der Waals surface area contributed by atoms with Crippen molar-refractivity contribution in [1.82, 2.24) is 4.98 Å². The highest BCUT2D eigenvalue weighted by Gasteiger charge is 2.14. The van der Waals surface area contributed by atoms with Gasteiger partial charge in [-0.05, 0) is 19.8 Å². The number of rotatable bonds is 7. The molecule has 16 heavy (non-hydrogen) atoms. The van der Waals surface area contributed by atoms with Crippen LogP contribution in [-0.4, -0.2) is 18.1 Å². The van der Waals surface area contributed by atoms with Crippen LogP contribution in [0.3, 0.4) is 0 Å². The first-order chi connectivity index (χ1) is 7.69. The Bertz CT molecular complexity index is 299. The van der Waals surface area contributed by atoms with Crippen LogP contribution in [0.4, 0.5) is 5.88 Å². The van der Waals surface area contributed by atoms with Crippen molar-refractivity contribution < 1.29 is 4.42 Å². The van der Waals surface area contributed by atoms with Crippen molar-refractivity contribution in [1.29, 1.82) is 0 Å². The molecule has 0 unspecified atom stereocenters. The molecule has 0 aliphatic heterocycles. The van der Waals surface area contributed by atoms with Gasteiger partial charge < -0.3 is 9.32 Å². The predicted octanol–water partition coefficient (Wildman–Crippen LogP) is 3.70. The van der Waals surface area contributed by atoms with Crippen LogP contribution in [0.2, 0.25) is 0 Å². The maximum atomic E-state index is 5.69. The number of nitrogens with zero attached hydrogens (tertiary/aromatic N) is 2. The van der Waals surface area contributed by atoms with Gasteiger partial charge in [-0.2, -0.15) is 0 Å². The third kappa shape index (κ3) is 3.54. The summed E-state index contributed by atoms with van der Waals surface area (Å²) in [5, 5.41) is 0. The fraction of sp³-hybridized carbons (Fsp3) is 0.769. The number of hydrogen-bond donors (Lipinski definition) is 0. The van der Waals surface area contributed by atoms with Crippen molar-refractivity contribution in [2.75, 3.05) is 18.0 Å². The second-order valence-electron chi connectivity index (χ2n) is 4.32. The van der Waals surface area contributed by atoms with E-state index in [9.17, 15) is 0 Å². The summed E-state index contributed by atoms with van der Waals surface area (Å²) in [6, 6.07) is 0. The molecule has 0 saturated carbocycles. The molecule has 0 spiro atoms. The third-order valence-electron chi connectivity index (χ3n) is 2.73. The Morgan fingerprint density at radius 1 is 1.06 bits per heavy atom. The number of hydrogen-bond acceptors (Lipinski definition) is 3. The fourth-order valence-electron chi connectivity index (χ4n) is 1.83. The first-order valence-electron chi connectivity index (χ1n) is 6.38. The second kappa shape index (κ2) is 6.56. The van der Waals surface area contributed by atoms with Gasteiger partial charge in [-0.15, -0.1) is 0 Å². The zero-order valence-electron chi connectivity index (χ0n) is 11.0. The summed E-state index contributed by atoms with van der Waals surface area (Å²) in [6.45, 7) is 10.5. The molecule has 1 aromatic rings. The summed E-state index contributed by atoms with van der Waals surface area (Å²) in [5.74, 6) is 1.74. The van der Waals surface area contributed by atoms with E-state index in [0.29, 0.717) is 0 Å². The van der Waals surface area contributed by atoms with Gasteiger partial charge in [0.1, 0.15) is 5.69 Å². The first-order valence-corrected chi connectivity index (χ1v) is 6.38. The minimum Gasteiger partial charge on any atom is -0.425 e. The van der Waals surface area contributed by atoms with E-state index in [1.807, 2.05) is 13.8 Å². The molecule has 3 heteroatoms. The van der Waals surface area contributed by atoms with E-state index in [0.717, 1.165) is 30.6 Å². The van der Waals surface area contributed by atoms with Crippen molar-refractivity contribution in [3.63, 3.8) is 0 Å². The number of anilines is 1. The van der Waals surface area contributed by atoms with Crippen molar-refractivity contribution in [3.8, 4) is 0 Å². The van der Waals surface area contributed by atoms with E-state index in [1.54, 1.807) is 0 Å². The molecular weight excluding hydrogens is 200 g/mol. The average molecular weight is 224 g/mol. The molecule has 0 fully saturated rings. The van der Waals surface area contributed by atoms with Gasteiger partial charge >= 0.3 is 0 Å². The molecule has 0 N–H and O–H groups in total. The summed E-state index contributed by atoms with van der Waals surface area (Å²) in [4.78, 5) is 6.68. The quantitative estimate of drug-likeness (QED) is 0.707. The van der Waals surface area contributed by atoms with Gasteiger partial charge in [0, 0.05) is 20.0 Å². The summed E-state index contributed by atoms with van der Waals surface area (Å²) < 4.78 is 5.69. The van der Waals surface area contributed by atoms with Crippen molar-refractivity contribution >= 4 is 5.88 Å². The Morgan fingerprint density at radius 2 is 1.62 bits per heavy atom. The van der Waals surface area contributed by atoms with Crippen LogP contribution >= 0.6 is 0 Å². The Labute approximate surface area is 98.9 Å². The van der Waals surface area contributed by atoms with E-state index in [4.69, 9.17) is 4.42 Å². The van der Waals surface area contributed by atoms with Crippen molar-refractivity contribution in [3.05, 3.63) is 11.6 Å². The maximum absolute atomic E-state index is 5.69. The molecule has 0 aromatic carbocycles. The topological polar surface area (TPSA) is 29.3 Å². The van der Waals surface area contributed by atoms with E-state index < -0.39 is 0 Å². The minimum atomic E-state index is 0.769. The van der Waals surface area contributed by atoms with Gasteiger partial charge in [-0.1, -0.05) is 26.7 Å². The van der Waals surface area contributed by atoms with E-state index in [1.165, 1.54) is 25.7 Å². The number of aryl methyl sites for hydroxylation is 2. The van der Waals surface area contributed by atoms with Gasteiger partial charge in [0.15, 0.2) is 5.89 Å². The summed E-state index contributed by atoms with van der Waals surface area (Å²) in [5.41, 5.74) is 1.02. The minimum absolute atomic E-state index is 0.769. The lowest BCUT2D eigenvalue weighted by atomic mass is 10.2. The Kier molecular flexibility index (Phi) is 5.36. The van der Waals surface area contributed by atoms with Gasteiger partial charge in [-0.3, -0.25) is 0 Å². The summed E-state index contributed by atoms with van der Waals surface area (Å²) >= 11 is 0. The third-order valence-corrected chi connectivity index (χ3v) is 2.73. The van der Waals surface area contributed by atoms with Gasteiger partial charge in [-0.25, -0.2) is 4.98 Å². The highest BCUT2D eigenvalue weighted by atomic mass is 16.4. The van der Waals surface area contributed by atoms with Crippen molar-refractivity contribution in [2.24, 2.45) is 0 Å². The van der Waals surface area contributed by atoms with Crippen LogP contribution in [0.15, 0.2) is 4.42 Å². The molecule has 0 saturated heterocycles. The molecule has 1 heterocycles. The molecule has 0 aliphatic carbocycles. The maximum Gasteiger partial charge on any atom is 0.219 e. The number of unbranched alkanes of at least 4 members (excludes halogenated alkanes) is 2. The van der Waals surface area contributed by atoms with Gasteiger partial charge in [0.05, 0.1) is 0 Å². The van der Waals surface area contributed by atoms with E-state index in [-0.39, 0.29) is 0 Å². The number of oxazole rings is 1. The molecule has 0 aliphatic rings. The molecule has 0 atom stereocenters. The lowest BCUT2D eigenvalue weighted by molar-refractivity contribution is 0.499. The smallest absolute Gasteiger partial charge is 0.219 e. The Balaban J connectivity index is 2.70. The van der Waals surface area contributed by atoms with Crippen LogP contribution in [0.25, 0.3) is 0 Å². The second-order valence-corrected chi connectivity index (χ2v) is 4.32. The van der Waals surface area contributed by atoms with E-state index in [2.05, 4.69) is 23.7 Å². The molecule has 1 rings (SSSR count). The number of aromatic nitrogens is 1. The van der Waals surface area contributed by atoms with Crippen LogP contribution in [0.5, 0.6) is 0 Å². The van der Waals surface area contributed by atoms with Gasteiger partial charge in [0.2, 0.25) is 5.88 Å². The van der Waals surface area contributed by atoms with Crippen LogP contribution in [-0.2, 0) is 0 Å². The first kappa shape index (κ1) is 13.1. The van der Waals surface area contributed by atoms with Crippen LogP contribution in [0, 0.1) is 13.8 Å². The normalized spacial score (nSPS) is 10.8. The predicted molar refractivity (Wildman–Crippen MR) is 68.0 cm³/mol. The molecule has 0 radical (unpaired) electrons. The molecular formula is C13H24N2O.